The Bertz CT molecular complexity index is 998. The number of carbonyl (C=O) groups is 1. The van der Waals surface area contributed by atoms with Gasteiger partial charge in [-0.05, 0) is 58.6 Å². The van der Waals surface area contributed by atoms with Gasteiger partial charge in [-0.25, -0.2) is 4.98 Å². The van der Waals surface area contributed by atoms with Crippen LogP contribution in [0.5, 0.6) is 5.75 Å². The van der Waals surface area contributed by atoms with Crippen LogP contribution in [0.2, 0.25) is 0 Å². The quantitative estimate of drug-likeness (QED) is 0.564. The number of aromatic nitrogens is 3. The van der Waals surface area contributed by atoms with Crippen LogP contribution in [0.1, 0.15) is 28.2 Å². The third-order valence-corrected chi connectivity index (χ3v) is 5.81. The zero-order valence-electron chi connectivity index (χ0n) is 17.7. The van der Waals surface area contributed by atoms with Gasteiger partial charge in [0.1, 0.15) is 17.0 Å². The van der Waals surface area contributed by atoms with Gasteiger partial charge in [0, 0.05) is 13.6 Å². The molecule has 1 amide bonds. The number of hydrogen-bond acceptors (Lipinski definition) is 6. The number of carbonyl (C=O) groups excluding carboxylic acids is 1. The van der Waals surface area contributed by atoms with Gasteiger partial charge >= 0.3 is 0 Å². The number of methoxy groups -OCH3 is 1. The Balaban J connectivity index is 0.00000300. The van der Waals surface area contributed by atoms with Crippen molar-refractivity contribution in [3.8, 4) is 5.75 Å². The van der Waals surface area contributed by atoms with Crippen molar-refractivity contribution in [1.82, 2.24) is 19.7 Å². The number of rotatable bonds is 7. The lowest BCUT2D eigenvalue weighted by Crippen LogP contribution is -2.34. The topological polar surface area (TPSA) is 63.5 Å². The number of nitrogens with zero attached hydrogens (tertiary/aromatic N) is 5. The Morgan fingerprint density at radius 1 is 1.24 bits per heavy atom. The van der Waals surface area contributed by atoms with E-state index in [1.807, 2.05) is 46.1 Å². The monoisotopic (exact) mass is 437 g/mol. The number of hydrogen-bond donors (Lipinski definition) is 0. The van der Waals surface area contributed by atoms with Crippen LogP contribution in [0, 0.1) is 13.8 Å². The van der Waals surface area contributed by atoms with Crippen LogP contribution in [0.25, 0.3) is 10.2 Å². The number of halogens is 1. The molecule has 7 nitrogen and oxygen atoms in total. The zero-order valence-corrected chi connectivity index (χ0v) is 19.4. The van der Waals surface area contributed by atoms with Crippen molar-refractivity contribution in [2.75, 3.05) is 39.2 Å². The van der Waals surface area contributed by atoms with Gasteiger partial charge in [0.25, 0.3) is 5.91 Å². The summed E-state index contributed by atoms with van der Waals surface area (Å²) in [5.74, 6) is 0.637. The van der Waals surface area contributed by atoms with E-state index in [2.05, 4.69) is 10.00 Å². The summed E-state index contributed by atoms with van der Waals surface area (Å²) < 4.78 is 8.15. The molecule has 3 rings (SSSR count). The first-order valence-corrected chi connectivity index (χ1v) is 10.0. The van der Waals surface area contributed by atoms with Crippen LogP contribution in [0.3, 0.4) is 0 Å². The van der Waals surface area contributed by atoms with Crippen LogP contribution in [-0.4, -0.2) is 59.9 Å². The SMILES string of the molecule is COc1ccc(C)c2sc(N(CCCN(C)C)C(=O)c3cc(C)nn3C)nc12.Cl. The predicted molar refractivity (Wildman–Crippen MR) is 121 cm³/mol. The molecule has 0 aliphatic carbocycles. The van der Waals surface area contributed by atoms with Crippen LogP contribution < -0.4 is 9.64 Å². The standard InChI is InChI=1S/C20H27N5O2S.ClH/c1-13-8-9-16(27-6)17-18(13)28-20(21-17)25(11-7-10-23(3)4)19(26)15-12-14(2)22-24(15)5;/h8-9,12H,7,10-11H2,1-6H3;1H. The van der Waals surface area contributed by atoms with Crippen molar-refractivity contribution in [2.45, 2.75) is 20.3 Å². The highest BCUT2D eigenvalue weighted by Crippen LogP contribution is 2.36. The molecule has 1 aromatic carbocycles. The summed E-state index contributed by atoms with van der Waals surface area (Å²) in [6.45, 7) is 5.41. The van der Waals surface area contributed by atoms with Gasteiger partial charge in [0.15, 0.2) is 5.13 Å². The minimum Gasteiger partial charge on any atom is -0.494 e. The van der Waals surface area contributed by atoms with E-state index in [1.54, 1.807) is 23.7 Å². The lowest BCUT2D eigenvalue weighted by molar-refractivity contribution is 0.0977. The lowest BCUT2D eigenvalue weighted by atomic mass is 10.2. The van der Waals surface area contributed by atoms with Crippen LogP contribution in [-0.2, 0) is 7.05 Å². The summed E-state index contributed by atoms with van der Waals surface area (Å²) in [5, 5.41) is 5.01. The largest absolute Gasteiger partial charge is 0.494 e. The molecule has 0 saturated carbocycles. The lowest BCUT2D eigenvalue weighted by Gasteiger charge is -2.21. The van der Waals surface area contributed by atoms with E-state index in [4.69, 9.17) is 9.72 Å². The van der Waals surface area contributed by atoms with Gasteiger partial charge in [-0.15, -0.1) is 12.4 Å². The van der Waals surface area contributed by atoms with Gasteiger partial charge in [-0.1, -0.05) is 17.4 Å². The second-order valence-corrected chi connectivity index (χ2v) is 8.14. The van der Waals surface area contributed by atoms with E-state index in [0.717, 1.165) is 40.2 Å². The predicted octanol–water partition coefficient (Wildman–Crippen LogP) is 3.68. The molecule has 0 aliphatic rings. The summed E-state index contributed by atoms with van der Waals surface area (Å²) in [6, 6.07) is 5.76. The molecule has 0 unspecified atom stereocenters. The smallest absolute Gasteiger partial charge is 0.278 e. The van der Waals surface area contributed by atoms with Crippen molar-refractivity contribution in [1.29, 1.82) is 0 Å². The molecule has 158 valence electrons. The molecule has 0 aliphatic heterocycles. The number of aryl methyl sites for hydroxylation is 3. The zero-order chi connectivity index (χ0) is 20.4. The molecular formula is C20H28ClN5O2S. The van der Waals surface area contributed by atoms with E-state index in [9.17, 15) is 4.79 Å². The van der Waals surface area contributed by atoms with E-state index in [-0.39, 0.29) is 18.3 Å². The first-order chi connectivity index (χ1) is 13.3. The number of benzene rings is 1. The number of amides is 1. The fraction of sp³-hybridized carbons (Fsp3) is 0.450. The second kappa shape index (κ2) is 9.56. The van der Waals surface area contributed by atoms with Crippen molar-refractivity contribution in [3.05, 3.63) is 35.2 Å². The number of fused-ring (bicyclic) bond motifs is 1. The Kier molecular flexibility index (Phi) is 7.62. The molecule has 0 fully saturated rings. The maximum absolute atomic E-state index is 13.4. The van der Waals surface area contributed by atoms with Crippen molar-refractivity contribution in [3.63, 3.8) is 0 Å². The molecule has 0 radical (unpaired) electrons. The molecule has 29 heavy (non-hydrogen) atoms. The molecule has 0 N–H and O–H groups in total. The molecule has 9 heteroatoms. The summed E-state index contributed by atoms with van der Waals surface area (Å²) in [4.78, 5) is 22.0. The van der Waals surface area contributed by atoms with E-state index in [0.29, 0.717) is 17.4 Å². The molecule has 3 aromatic rings. The van der Waals surface area contributed by atoms with Crippen molar-refractivity contribution >= 4 is 45.0 Å². The van der Waals surface area contributed by atoms with Crippen LogP contribution in [0.15, 0.2) is 18.2 Å². The fourth-order valence-corrected chi connectivity index (χ4v) is 4.23. The Hall–Kier alpha value is -2.16. The molecule has 2 heterocycles. The van der Waals surface area contributed by atoms with Crippen LogP contribution in [0.4, 0.5) is 5.13 Å². The van der Waals surface area contributed by atoms with Crippen LogP contribution >= 0.6 is 23.7 Å². The van der Waals surface area contributed by atoms with E-state index in [1.165, 1.54) is 11.3 Å². The minimum absolute atomic E-state index is 0. The summed E-state index contributed by atoms with van der Waals surface area (Å²) in [6.07, 6.45) is 0.849. The fourth-order valence-electron chi connectivity index (χ4n) is 3.16. The summed E-state index contributed by atoms with van der Waals surface area (Å²) in [7, 11) is 7.50. The van der Waals surface area contributed by atoms with Gasteiger partial charge in [0.05, 0.1) is 17.5 Å². The third-order valence-electron chi connectivity index (χ3n) is 4.60. The van der Waals surface area contributed by atoms with Crippen molar-refractivity contribution < 1.29 is 9.53 Å². The minimum atomic E-state index is -0.0856. The molecule has 0 saturated heterocycles. The number of thiazole rings is 1. The third kappa shape index (κ3) is 4.88. The van der Waals surface area contributed by atoms with E-state index < -0.39 is 0 Å². The van der Waals surface area contributed by atoms with Gasteiger partial charge in [0.2, 0.25) is 0 Å². The Labute approximate surface area is 181 Å². The van der Waals surface area contributed by atoms with Gasteiger partial charge < -0.3 is 9.64 Å². The molecule has 0 spiro atoms. The number of anilines is 1. The molecule has 2 aromatic heterocycles. The first kappa shape index (κ1) is 23.1. The Morgan fingerprint density at radius 3 is 2.55 bits per heavy atom. The summed E-state index contributed by atoms with van der Waals surface area (Å²) >= 11 is 1.53. The average molecular weight is 438 g/mol. The van der Waals surface area contributed by atoms with Gasteiger partial charge in [-0.2, -0.15) is 5.10 Å². The normalized spacial score (nSPS) is 11.0. The number of ether oxygens (including phenoxy) is 1. The second-order valence-electron chi connectivity index (χ2n) is 7.17. The van der Waals surface area contributed by atoms with E-state index >= 15 is 0 Å². The highest BCUT2D eigenvalue weighted by molar-refractivity contribution is 7.22. The highest BCUT2D eigenvalue weighted by Gasteiger charge is 2.25. The maximum Gasteiger partial charge on any atom is 0.278 e. The van der Waals surface area contributed by atoms with Gasteiger partial charge in [-0.3, -0.25) is 14.4 Å². The molecule has 0 atom stereocenters. The summed E-state index contributed by atoms with van der Waals surface area (Å²) in [5.41, 5.74) is 3.30. The maximum atomic E-state index is 13.4. The average Bonchev–Trinajstić information content (AvgIpc) is 3.22. The highest BCUT2D eigenvalue weighted by atomic mass is 35.5. The molecule has 0 bridgehead atoms. The molecular weight excluding hydrogens is 410 g/mol. The Morgan fingerprint density at radius 2 is 1.97 bits per heavy atom. The van der Waals surface area contributed by atoms with Crippen molar-refractivity contribution in [2.24, 2.45) is 7.05 Å². The first-order valence-electron chi connectivity index (χ1n) is 9.23.